The average Bonchev–Trinajstić information content (AvgIpc) is 2.79. The minimum absolute atomic E-state index is 0.145. The molecule has 1 N–H and O–H groups in total. The van der Waals surface area contributed by atoms with E-state index in [9.17, 15) is 9.59 Å². The second kappa shape index (κ2) is 9.18. The second-order valence-electron chi connectivity index (χ2n) is 7.20. The van der Waals surface area contributed by atoms with Gasteiger partial charge in [0.15, 0.2) is 0 Å². The van der Waals surface area contributed by atoms with Crippen LogP contribution in [0.4, 0.5) is 0 Å². The summed E-state index contributed by atoms with van der Waals surface area (Å²) < 4.78 is 1.57. The Morgan fingerprint density at radius 1 is 0.900 bits per heavy atom. The van der Waals surface area contributed by atoms with Crippen LogP contribution in [0.1, 0.15) is 27.9 Å². The summed E-state index contributed by atoms with van der Waals surface area (Å²) in [5, 5.41) is 3.66. The first-order valence-corrected chi connectivity index (χ1v) is 10.1. The van der Waals surface area contributed by atoms with E-state index < -0.39 is 0 Å². The van der Waals surface area contributed by atoms with Gasteiger partial charge in [-0.1, -0.05) is 60.7 Å². The van der Waals surface area contributed by atoms with Crippen LogP contribution >= 0.6 is 0 Å². The first-order chi connectivity index (χ1) is 14.7. The van der Waals surface area contributed by atoms with Gasteiger partial charge in [0.2, 0.25) is 0 Å². The number of amides is 1. The van der Waals surface area contributed by atoms with Crippen LogP contribution in [0.2, 0.25) is 0 Å². The van der Waals surface area contributed by atoms with E-state index in [1.54, 1.807) is 22.9 Å². The predicted octanol–water partition coefficient (Wildman–Crippen LogP) is 3.81. The van der Waals surface area contributed by atoms with Gasteiger partial charge in [-0.15, -0.1) is 0 Å². The molecule has 5 nitrogen and oxygen atoms in total. The van der Waals surface area contributed by atoms with E-state index in [4.69, 9.17) is 0 Å². The number of nitrogens with zero attached hydrogens (tertiary/aromatic N) is 2. The monoisotopic (exact) mass is 397 g/mol. The topological polar surface area (TPSA) is 64.0 Å². The summed E-state index contributed by atoms with van der Waals surface area (Å²) >= 11 is 0. The number of pyridine rings is 2. The molecule has 0 bridgehead atoms. The van der Waals surface area contributed by atoms with Gasteiger partial charge in [-0.05, 0) is 42.2 Å². The standard InChI is InChI=1S/C25H23N3O2/c29-24(27-16-7-13-19-9-3-1-4-10-19)22-17-21-14-8-15-26-23(21)28(25(22)30)18-20-11-5-2-6-12-20/h1-6,8-12,14-15,17H,7,13,16,18H2,(H,27,29). The summed E-state index contributed by atoms with van der Waals surface area (Å²) in [6.07, 6.45) is 3.34. The highest BCUT2D eigenvalue weighted by Crippen LogP contribution is 2.13. The van der Waals surface area contributed by atoms with Gasteiger partial charge in [-0.25, -0.2) is 4.98 Å². The van der Waals surface area contributed by atoms with Gasteiger partial charge < -0.3 is 5.32 Å². The fourth-order valence-corrected chi connectivity index (χ4v) is 3.52. The smallest absolute Gasteiger partial charge is 0.265 e. The molecule has 0 unspecified atom stereocenters. The largest absolute Gasteiger partial charge is 0.352 e. The van der Waals surface area contributed by atoms with Crippen molar-refractivity contribution in [3.8, 4) is 0 Å². The van der Waals surface area contributed by atoms with Crippen molar-refractivity contribution in [1.82, 2.24) is 14.9 Å². The van der Waals surface area contributed by atoms with E-state index in [0.717, 1.165) is 23.8 Å². The van der Waals surface area contributed by atoms with Crippen LogP contribution in [0.5, 0.6) is 0 Å². The lowest BCUT2D eigenvalue weighted by molar-refractivity contribution is 0.0951. The van der Waals surface area contributed by atoms with E-state index >= 15 is 0 Å². The molecule has 0 radical (unpaired) electrons. The fourth-order valence-electron chi connectivity index (χ4n) is 3.52. The Morgan fingerprint density at radius 2 is 1.60 bits per heavy atom. The van der Waals surface area contributed by atoms with Gasteiger partial charge in [-0.3, -0.25) is 14.2 Å². The minimum Gasteiger partial charge on any atom is -0.352 e. The van der Waals surface area contributed by atoms with E-state index in [-0.39, 0.29) is 17.0 Å². The van der Waals surface area contributed by atoms with Gasteiger partial charge in [0.05, 0.1) is 6.54 Å². The third-order valence-corrected chi connectivity index (χ3v) is 5.05. The van der Waals surface area contributed by atoms with E-state index in [0.29, 0.717) is 18.7 Å². The number of carbonyl (C=O) groups excluding carboxylic acids is 1. The number of aryl methyl sites for hydroxylation is 1. The third kappa shape index (κ3) is 4.46. The Labute approximate surface area is 175 Å². The van der Waals surface area contributed by atoms with Gasteiger partial charge in [-0.2, -0.15) is 0 Å². The molecular weight excluding hydrogens is 374 g/mol. The molecule has 150 valence electrons. The maximum Gasteiger partial charge on any atom is 0.265 e. The zero-order valence-corrected chi connectivity index (χ0v) is 16.6. The summed E-state index contributed by atoms with van der Waals surface area (Å²) in [6.45, 7) is 0.874. The van der Waals surface area contributed by atoms with Crippen LogP contribution in [0, 0.1) is 0 Å². The number of fused-ring (bicyclic) bond motifs is 1. The lowest BCUT2D eigenvalue weighted by atomic mass is 10.1. The lowest BCUT2D eigenvalue weighted by Crippen LogP contribution is -2.34. The normalized spacial score (nSPS) is 10.8. The van der Waals surface area contributed by atoms with Crippen molar-refractivity contribution in [3.63, 3.8) is 0 Å². The molecule has 0 fully saturated rings. The van der Waals surface area contributed by atoms with Crippen molar-refractivity contribution >= 4 is 16.9 Å². The molecule has 0 atom stereocenters. The highest BCUT2D eigenvalue weighted by molar-refractivity contribution is 5.96. The maximum atomic E-state index is 13.1. The van der Waals surface area contributed by atoms with Crippen LogP contribution in [0.3, 0.4) is 0 Å². The molecule has 0 aliphatic rings. The molecule has 2 aromatic heterocycles. The van der Waals surface area contributed by atoms with E-state index in [2.05, 4.69) is 22.4 Å². The van der Waals surface area contributed by atoms with Gasteiger partial charge in [0.25, 0.3) is 11.5 Å². The van der Waals surface area contributed by atoms with Crippen molar-refractivity contribution in [1.29, 1.82) is 0 Å². The highest BCUT2D eigenvalue weighted by atomic mass is 16.2. The van der Waals surface area contributed by atoms with Crippen molar-refractivity contribution in [2.75, 3.05) is 6.54 Å². The summed E-state index contributed by atoms with van der Waals surface area (Å²) in [5.41, 5.74) is 2.60. The molecule has 30 heavy (non-hydrogen) atoms. The zero-order valence-electron chi connectivity index (χ0n) is 16.6. The first-order valence-electron chi connectivity index (χ1n) is 10.1. The van der Waals surface area contributed by atoms with Gasteiger partial charge in [0, 0.05) is 18.1 Å². The number of nitrogens with one attached hydrogen (secondary N) is 1. The van der Waals surface area contributed by atoms with Crippen LogP contribution < -0.4 is 10.9 Å². The third-order valence-electron chi connectivity index (χ3n) is 5.05. The van der Waals surface area contributed by atoms with Crippen LogP contribution in [-0.4, -0.2) is 22.0 Å². The molecule has 4 rings (SSSR count). The molecule has 2 heterocycles. The lowest BCUT2D eigenvalue weighted by Gasteiger charge is -2.12. The van der Waals surface area contributed by atoms with Crippen molar-refractivity contribution in [2.45, 2.75) is 19.4 Å². The average molecular weight is 397 g/mol. The van der Waals surface area contributed by atoms with E-state index in [1.165, 1.54) is 5.56 Å². The number of hydrogen-bond donors (Lipinski definition) is 1. The minimum atomic E-state index is -0.347. The van der Waals surface area contributed by atoms with Crippen LogP contribution in [0.25, 0.3) is 11.0 Å². The summed E-state index contributed by atoms with van der Waals surface area (Å²) in [5.74, 6) is -0.347. The summed E-state index contributed by atoms with van der Waals surface area (Å²) in [6, 6.07) is 25.2. The first kappa shape index (κ1) is 19.6. The molecule has 0 saturated heterocycles. The summed E-state index contributed by atoms with van der Waals surface area (Å²) in [4.78, 5) is 30.3. The maximum absolute atomic E-state index is 13.1. The zero-order chi connectivity index (χ0) is 20.8. The Morgan fingerprint density at radius 3 is 2.33 bits per heavy atom. The van der Waals surface area contributed by atoms with Crippen LogP contribution in [0.15, 0.2) is 89.9 Å². The fraction of sp³-hybridized carbons (Fsp3) is 0.160. The predicted molar refractivity (Wildman–Crippen MR) is 119 cm³/mol. The molecule has 1 amide bonds. The number of hydrogen-bond acceptors (Lipinski definition) is 3. The van der Waals surface area contributed by atoms with Crippen molar-refractivity contribution in [2.24, 2.45) is 0 Å². The quantitative estimate of drug-likeness (QED) is 0.483. The molecule has 0 spiro atoms. The van der Waals surface area contributed by atoms with Gasteiger partial charge in [0.1, 0.15) is 11.2 Å². The molecular formula is C25H23N3O2. The molecule has 0 aliphatic heterocycles. The molecule has 0 aliphatic carbocycles. The number of aromatic nitrogens is 2. The SMILES string of the molecule is O=C(NCCCc1ccccc1)c1cc2cccnc2n(Cc2ccccc2)c1=O. The van der Waals surface area contributed by atoms with Crippen LogP contribution in [-0.2, 0) is 13.0 Å². The molecule has 4 aromatic rings. The molecule has 2 aromatic carbocycles. The Hall–Kier alpha value is -3.73. The van der Waals surface area contributed by atoms with Crippen molar-refractivity contribution in [3.05, 3.63) is 112 Å². The highest BCUT2D eigenvalue weighted by Gasteiger charge is 2.16. The number of carbonyl (C=O) groups is 1. The van der Waals surface area contributed by atoms with Crippen molar-refractivity contribution < 1.29 is 4.79 Å². The number of rotatable bonds is 7. The van der Waals surface area contributed by atoms with E-state index in [1.807, 2.05) is 54.6 Å². The second-order valence-corrected chi connectivity index (χ2v) is 7.20. The summed E-state index contributed by atoms with van der Waals surface area (Å²) in [7, 11) is 0. The van der Waals surface area contributed by atoms with Gasteiger partial charge >= 0.3 is 0 Å². The Balaban J connectivity index is 1.55. The Kier molecular flexibility index (Phi) is 5.99. The molecule has 5 heteroatoms. The number of benzene rings is 2. The Bertz CT molecular complexity index is 1200. The molecule has 0 saturated carbocycles.